The van der Waals surface area contributed by atoms with E-state index < -0.39 is 5.92 Å². The summed E-state index contributed by atoms with van der Waals surface area (Å²) < 4.78 is 10.6. The molecule has 0 bridgehead atoms. The number of carbonyl (C=O) groups excluding carboxylic acids is 3. The predicted molar refractivity (Wildman–Crippen MR) is 133 cm³/mol. The molecule has 1 aromatic carbocycles. The topological polar surface area (TPSA) is 91.4 Å². The van der Waals surface area contributed by atoms with Gasteiger partial charge in [0, 0.05) is 37.3 Å². The fourth-order valence-electron chi connectivity index (χ4n) is 4.42. The second-order valence-corrected chi connectivity index (χ2v) is 9.35. The highest BCUT2D eigenvalue weighted by Crippen LogP contribution is 2.32. The maximum absolute atomic E-state index is 13.5. The van der Waals surface area contributed by atoms with Crippen molar-refractivity contribution in [1.82, 2.24) is 20.0 Å². The van der Waals surface area contributed by atoms with E-state index in [1.165, 1.54) is 0 Å². The first-order valence-electron chi connectivity index (χ1n) is 12.2. The summed E-state index contributed by atoms with van der Waals surface area (Å²) in [6.45, 7) is 5.65. The van der Waals surface area contributed by atoms with Gasteiger partial charge in [-0.1, -0.05) is 12.1 Å². The highest BCUT2D eigenvalue weighted by Gasteiger charge is 2.37. The normalized spacial score (nSPS) is 18.8. The molecule has 0 saturated carbocycles. The van der Waals surface area contributed by atoms with E-state index in [1.807, 2.05) is 45.3 Å². The van der Waals surface area contributed by atoms with E-state index in [0.29, 0.717) is 50.7 Å². The molecular weight excluding hydrogens is 448 g/mol. The molecule has 1 aromatic rings. The lowest BCUT2D eigenvalue weighted by Gasteiger charge is -2.37. The van der Waals surface area contributed by atoms with Gasteiger partial charge in [0.25, 0.3) is 5.91 Å². The largest absolute Gasteiger partial charge is 0.497 e. The number of rotatable bonds is 10. The van der Waals surface area contributed by atoms with Crippen LogP contribution < -0.4 is 10.1 Å². The molecule has 1 saturated heterocycles. The standard InChI is InChI=1S/C26H38N4O5/c1-19-23(26(33)29-12-14-35-15-13-29)16-21(17-24(31)27-10-5-11-28(2)3)25(32)30(19)18-20-6-8-22(34-4)9-7-20/h6-9,21H,5,10-18H2,1-4H3,(H,27,31). The Balaban J connectivity index is 1.78. The zero-order chi connectivity index (χ0) is 25.4. The van der Waals surface area contributed by atoms with Gasteiger partial charge < -0.3 is 29.5 Å². The first-order chi connectivity index (χ1) is 16.8. The molecule has 0 aliphatic carbocycles. The minimum absolute atomic E-state index is 0.0626. The zero-order valence-electron chi connectivity index (χ0n) is 21.3. The summed E-state index contributed by atoms with van der Waals surface area (Å²) in [6, 6.07) is 7.51. The van der Waals surface area contributed by atoms with Gasteiger partial charge in [-0.2, -0.15) is 0 Å². The van der Waals surface area contributed by atoms with Crippen molar-refractivity contribution in [3.63, 3.8) is 0 Å². The van der Waals surface area contributed by atoms with E-state index in [0.717, 1.165) is 24.3 Å². The summed E-state index contributed by atoms with van der Waals surface area (Å²) in [5, 5.41) is 2.92. The Morgan fingerprint density at radius 3 is 2.49 bits per heavy atom. The molecular formula is C26H38N4O5. The maximum atomic E-state index is 13.5. The van der Waals surface area contributed by atoms with E-state index in [4.69, 9.17) is 9.47 Å². The van der Waals surface area contributed by atoms with Crippen LogP contribution in [-0.2, 0) is 25.7 Å². The average molecular weight is 487 g/mol. The van der Waals surface area contributed by atoms with E-state index in [1.54, 1.807) is 16.9 Å². The van der Waals surface area contributed by atoms with Gasteiger partial charge in [0.2, 0.25) is 11.8 Å². The molecule has 2 heterocycles. The molecule has 192 valence electrons. The molecule has 9 heteroatoms. The minimum atomic E-state index is -0.578. The average Bonchev–Trinajstić information content (AvgIpc) is 2.86. The highest BCUT2D eigenvalue weighted by molar-refractivity contribution is 5.98. The molecule has 9 nitrogen and oxygen atoms in total. The molecule has 1 fully saturated rings. The molecule has 2 aliphatic rings. The number of nitrogens with zero attached hydrogens (tertiary/aromatic N) is 3. The monoisotopic (exact) mass is 486 g/mol. The van der Waals surface area contributed by atoms with Crippen LogP contribution in [0.5, 0.6) is 5.75 Å². The fourth-order valence-corrected chi connectivity index (χ4v) is 4.42. The lowest BCUT2D eigenvalue weighted by Crippen LogP contribution is -2.46. The van der Waals surface area contributed by atoms with Crippen LogP contribution in [0.15, 0.2) is 35.5 Å². The van der Waals surface area contributed by atoms with Crippen molar-refractivity contribution in [3.05, 3.63) is 41.1 Å². The van der Waals surface area contributed by atoms with Gasteiger partial charge in [-0.15, -0.1) is 0 Å². The van der Waals surface area contributed by atoms with Gasteiger partial charge in [0.05, 0.1) is 32.8 Å². The summed E-state index contributed by atoms with van der Waals surface area (Å²) in [5.41, 5.74) is 2.18. The van der Waals surface area contributed by atoms with Crippen LogP contribution in [0, 0.1) is 5.92 Å². The van der Waals surface area contributed by atoms with Crippen LogP contribution in [0.3, 0.4) is 0 Å². The molecule has 0 spiro atoms. The van der Waals surface area contributed by atoms with E-state index in [2.05, 4.69) is 10.2 Å². The summed E-state index contributed by atoms with van der Waals surface area (Å²) >= 11 is 0. The molecule has 3 rings (SSSR count). The second-order valence-electron chi connectivity index (χ2n) is 9.35. The fraction of sp³-hybridized carbons (Fsp3) is 0.577. The lowest BCUT2D eigenvalue weighted by atomic mass is 9.88. The number of allylic oxidation sites excluding steroid dienone is 1. The van der Waals surface area contributed by atoms with Gasteiger partial charge >= 0.3 is 0 Å². The number of ether oxygens (including phenoxy) is 2. The summed E-state index contributed by atoms with van der Waals surface area (Å²) in [7, 11) is 5.58. The van der Waals surface area contributed by atoms with Crippen molar-refractivity contribution in [1.29, 1.82) is 0 Å². The minimum Gasteiger partial charge on any atom is -0.497 e. The summed E-state index contributed by atoms with van der Waals surface area (Å²) in [6.07, 6.45) is 1.17. The Labute approximate surface area is 208 Å². The number of morpholine rings is 1. The molecule has 1 N–H and O–H groups in total. The lowest BCUT2D eigenvalue weighted by molar-refractivity contribution is -0.139. The quantitative estimate of drug-likeness (QED) is 0.506. The van der Waals surface area contributed by atoms with Crippen LogP contribution in [0.1, 0.15) is 31.7 Å². The molecule has 2 aliphatic heterocycles. The van der Waals surface area contributed by atoms with Gasteiger partial charge in [-0.05, 0) is 58.1 Å². The first-order valence-corrected chi connectivity index (χ1v) is 12.2. The van der Waals surface area contributed by atoms with Gasteiger partial charge in [-0.3, -0.25) is 14.4 Å². The summed E-state index contributed by atoms with van der Waals surface area (Å²) in [4.78, 5) is 45.1. The Kier molecular flexibility index (Phi) is 9.68. The number of methoxy groups -OCH3 is 1. The summed E-state index contributed by atoms with van der Waals surface area (Å²) in [5.74, 6) is -0.206. The van der Waals surface area contributed by atoms with E-state index in [-0.39, 0.29) is 30.6 Å². The van der Waals surface area contributed by atoms with Crippen LogP contribution in [-0.4, -0.2) is 93.0 Å². The highest BCUT2D eigenvalue weighted by atomic mass is 16.5. The number of hydrogen-bond donors (Lipinski definition) is 1. The number of benzene rings is 1. The zero-order valence-corrected chi connectivity index (χ0v) is 21.3. The third-order valence-electron chi connectivity index (χ3n) is 6.50. The van der Waals surface area contributed by atoms with Crippen molar-refractivity contribution in [2.75, 3.05) is 60.6 Å². The second kappa shape index (κ2) is 12.7. The number of carbonyl (C=O) groups is 3. The van der Waals surface area contributed by atoms with Crippen LogP contribution in [0.4, 0.5) is 0 Å². The van der Waals surface area contributed by atoms with Gasteiger partial charge in [0.15, 0.2) is 0 Å². The molecule has 1 unspecified atom stereocenters. The molecule has 0 radical (unpaired) electrons. The molecule has 0 aromatic heterocycles. The maximum Gasteiger partial charge on any atom is 0.251 e. The van der Waals surface area contributed by atoms with Crippen LogP contribution in [0.25, 0.3) is 0 Å². The third kappa shape index (κ3) is 7.29. The third-order valence-corrected chi connectivity index (χ3v) is 6.50. The first kappa shape index (κ1) is 26.7. The number of nitrogens with one attached hydrogen (secondary N) is 1. The predicted octanol–water partition coefficient (Wildman–Crippen LogP) is 1.63. The van der Waals surface area contributed by atoms with Crippen molar-refractivity contribution in [2.45, 2.75) is 32.7 Å². The smallest absolute Gasteiger partial charge is 0.251 e. The van der Waals surface area contributed by atoms with Crippen molar-refractivity contribution in [3.8, 4) is 5.75 Å². The van der Waals surface area contributed by atoms with Crippen molar-refractivity contribution >= 4 is 17.7 Å². The Morgan fingerprint density at radius 1 is 1.17 bits per heavy atom. The van der Waals surface area contributed by atoms with Crippen LogP contribution >= 0.6 is 0 Å². The Morgan fingerprint density at radius 2 is 1.86 bits per heavy atom. The molecule has 35 heavy (non-hydrogen) atoms. The Bertz CT molecular complexity index is 922. The van der Waals surface area contributed by atoms with Gasteiger partial charge in [0.1, 0.15) is 5.75 Å². The number of amides is 3. The number of hydrogen-bond acceptors (Lipinski definition) is 6. The van der Waals surface area contributed by atoms with Gasteiger partial charge in [-0.25, -0.2) is 0 Å². The van der Waals surface area contributed by atoms with Crippen molar-refractivity contribution < 1.29 is 23.9 Å². The van der Waals surface area contributed by atoms with Crippen LogP contribution in [0.2, 0.25) is 0 Å². The van der Waals surface area contributed by atoms with Crippen molar-refractivity contribution in [2.24, 2.45) is 5.92 Å². The van der Waals surface area contributed by atoms with E-state index in [9.17, 15) is 14.4 Å². The Hall–Kier alpha value is -2.91. The SMILES string of the molecule is COc1ccc(CN2C(=O)C(CC(=O)NCCCN(C)C)CC(C(=O)N3CCOCC3)=C2C)cc1. The molecule has 3 amide bonds. The van der Waals surface area contributed by atoms with E-state index >= 15 is 0 Å². The molecule has 1 atom stereocenters.